The first-order chi connectivity index (χ1) is 18.0. The molecule has 0 radical (unpaired) electrons. The van der Waals surface area contributed by atoms with Crippen molar-refractivity contribution in [2.45, 2.75) is 45.3 Å². The summed E-state index contributed by atoms with van der Waals surface area (Å²) in [4.78, 5) is 26.6. The lowest BCUT2D eigenvalue weighted by molar-refractivity contribution is -0.142. The zero-order chi connectivity index (χ0) is 25.5. The van der Waals surface area contributed by atoms with Gasteiger partial charge >= 0.3 is 0 Å². The van der Waals surface area contributed by atoms with Crippen LogP contribution in [0.5, 0.6) is 5.75 Å². The van der Waals surface area contributed by atoms with Crippen molar-refractivity contribution < 1.29 is 14.3 Å². The van der Waals surface area contributed by atoms with Crippen molar-refractivity contribution in [3.63, 3.8) is 0 Å². The zero-order valence-corrected chi connectivity index (χ0v) is 21.8. The smallest absolute Gasteiger partial charge is 0.226 e. The van der Waals surface area contributed by atoms with E-state index in [2.05, 4.69) is 25.5 Å². The number of rotatable bonds is 6. The number of amides is 1. The van der Waals surface area contributed by atoms with Gasteiger partial charge in [-0.25, -0.2) is 9.97 Å². The van der Waals surface area contributed by atoms with Crippen LogP contribution in [0.15, 0.2) is 24.7 Å². The summed E-state index contributed by atoms with van der Waals surface area (Å²) in [6.07, 6.45) is 5.69. The summed E-state index contributed by atoms with van der Waals surface area (Å²) in [6, 6.07) is 3.93. The Morgan fingerprint density at radius 1 is 1.41 bits per heavy atom. The molecule has 1 aromatic carbocycles. The molecule has 0 spiro atoms. The third-order valence-electron chi connectivity index (χ3n) is 7.20. The number of hydrogen-bond donors (Lipinski definition) is 3. The van der Waals surface area contributed by atoms with Crippen molar-refractivity contribution in [3.05, 3.63) is 35.1 Å². The number of anilines is 2. The zero-order valence-electron chi connectivity index (χ0n) is 21.0. The molecule has 0 saturated carbocycles. The van der Waals surface area contributed by atoms with E-state index in [1.54, 1.807) is 23.9 Å². The number of aromatic nitrogens is 4. The fourth-order valence-corrected chi connectivity index (χ4v) is 6.52. The summed E-state index contributed by atoms with van der Waals surface area (Å²) >= 11 is 1.67. The van der Waals surface area contributed by atoms with Crippen molar-refractivity contribution in [3.8, 4) is 5.75 Å². The quantitative estimate of drug-likeness (QED) is 0.352. The van der Waals surface area contributed by atoms with Gasteiger partial charge in [-0.3, -0.25) is 9.89 Å². The van der Waals surface area contributed by atoms with E-state index >= 15 is 0 Å². The normalized spacial score (nSPS) is 20.7. The van der Waals surface area contributed by atoms with Gasteiger partial charge in [-0.1, -0.05) is 0 Å². The first-order valence-corrected chi connectivity index (χ1v) is 13.6. The molecule has 0 bridgehead atoms. The molecule has 1 unspecified atom stereocenters. The van der Waals surface area contributed by atoms with E-state index in [-0.39, 0.29) is 24.0 Å². The Balaban J connectivity index is 1.31. The largest absolute Gasteiger partial charge is 0.487 e. The highest BCUT2D eigenvalue weighted by Gasteiger charge is 2.33. The number of H-pyrrole nitrogens is 1. The minimum absolute atomic E-state index is 0.00326. The molecular formula is C26H31N7O3S. The van der Waals surface area contributed by atoms with E-state index in [0.29, 0.717) is 32.0 Å². The summed E-state index contributed by atoms with van der Waals surface area (Å²) in [7, 11) is 0. The van der Waals surface area contributed by atoms with E-state index in [4.69, 9.17) is 15.2 Å². The minimum Gasteiger partial charge on any atom is -0.487 e. The van der Waals surface area contributed by atoms with Crippen LogP contribution in [0.4, 0.5) is 11.5 Å². The number of nitrogens with one attached hydrogen (secondary N) is 2. The lowest BCUT2D eigenvalue weighted by Gasteiger charge is -2.34. The van der Waals surface area contributed by atoms with E-state index in [0.717, 1.165) is 51.9 Å². The first-order valence-electron chi connectivity index (χ1n) is 12.8. The summed E-state index contributed by atoms with van der Waals surface area (Å²) < 4.78 is 11.8. The summed E-state index contributed by atoms with van der Waals surface area (Å²) in [5.41, 5.74) is 8.74. The maximum Gasteiger partial charge on any atom is 0.226 e. The molecule has 11 heteroatoms. The number of aromatic amines is 1. The van der Waals surface area contributed by atoms with Crippen LogP contribution in [0, 0.1) is 5.92 Å². The number of ether oxygens (including phenoxy) is 2. The number of carbonyl (C=O) groups excluding carboxylic acids is 1. The van der Waals surface area contributed by atoms with E-state index in [1.807, 2.05) is 30.9 Å². The highest BCUT2D eigenvalue weighted by Crippen LogP contribution is 2.42. The summed E-state index contributed by atoms with van der Waals surface area (Å²) in [5, 5.41) is 12.7. The molecule has 6 rings (SSSR count). The second-order valence-corrected chi connectivity index (χ2v) is 11.0. The SMILES string of the molecule is CC1CN(C(=O)[C@H]2CCc3c(sc4ncnc(Nc5cc6cn[nH]c6cc5O[C@H](C)CN)c34)C2)CCO1. The Morgan fingerprint density at radius 2 is 2.30 bits per heavy atom. The van der Waals surface area contributed by atoms with Crippen molar-refractivity contribution >= 4 is 49.9 Å². The van der Waals surface area contributed by atoms with Gasteiger partial charge < -0.3 is 25.4 Å². The van der Waals surface area contributed by atoms with Gasteiger partial charge in [-0.05, 0) is 44.7 Å². The second-order valence-electron chi connectivity index (χ2n) is 9.91. The molecule has 4 N–H and O–H groups in total. The Labute approximate surface area is 218 Å². The van der Waals surface area contributed by atoms with Crippen LogP contribution < -0.4 is 15.8 Å². The Bertz CT molecular complexity index is 1450. The monoisotopic (exact) mass is 521 g/mol. The number of carbonyl (C=O) groups is 1. The molecule has 2 aliphatic rings. The molecule has 1 aliphatic heterocycles. The standard InChI is InChI=1S/C26H31N7O3S/c1-14(10-27)36-21-9-19-17(11-30-32-19)7-20(21)31-24-23-18-4-3-16(8-22(18)37-25(23)29-13-28-24)26(34)33-5-6-35-15(2)12-33/h7,9,11,13-16H,3-6,8,10,12,27H2,1-2H3,(H,30,32)(H,28,29,31)/t14-,15?,16+/m1/s1. The van der Waals surface area contributed by atoms with Crippen LogP contribution in [-0.4, -0.2) is 69.4 Å². The fourth-order valence-electron chi connectivity index (χ4n) is 5.25. The fraction of sp³-hybridized carbons (Fsp3) is 0.462. The molecule has 4 aromatic rings. The van der Waals surface area contributed by atoms with Crippen LogP contribution in [0.2, 0.25) is 0 Å². The summed E-state index contributed by atoms with van der Waals surface area (Å²) in [6.45, 7) is 6.32. The molecule has 37 heavy (non-hydrogen) atoms. The molecule has 3 aromatic heterocycles. The van der Waals surface area contributed by atoms with Gasteiger partial charge in [0.15, 0.2) is 0 Å². The van der Waals surface area contributed by atoms with Gasteiger partial charge in [0.05, 0.1) is 35.5 Å². The molecule has 3 atom stereocenters. The number of aryl methyl sites for hydroxylation is 1. The van der Waals surface area contributed by atoms with Crippen LogP contribution >= 0.6 is 11.3 Å². The van der Waals surface area contributed by atoms with Gasteiger partial charge in [0.2, 0.25) is 5.91 Å². The predicted octanol–water partition coefficient (Wildman–Crippen LogP) is 3.39. The van der Waals surface area contributed by atoms with E-state index in [9.17, 15) is 4.79 Å². The first kappa shape index (κ1) is 24.1. The lowest BCUT2D eigenvalue weighted by atomic mass is 9.86. The highest BCUT2D eigenvalue weighted by atomic mass is 32.1. The van der Waals surface area contributed by atoms with E-state index < -0.39 is 0 Å². The third-order valence-corrected chi connectivity index (χ3v) is 8.36. The maximum absolute atomic E-state index is 13.3. The molecule has 1 amide bonds. The lowest BCUT2D eigenvalue weighted by Crippen LogP contribution is -2.47. The molecule has 1 saturated heterocycles. The van der Waals surface area contributed by atoms with Crippen LogP contribution in [-0.2, 0) is 22.4 Å². The molecule has 1 aliphatic carbocycles. The van der Waals surface area contributed by atoms with Crippen molar-refractivity contribution in [1.82, 2.24) is 25.1 Å². The topological polar surface area (TPSA) is 131 Å². The average Bonchev–Trinajstić information content (AvgIpc) is 3.52. The number of benzene rings is 1. The van der Waals surface area contributed by atoms with Crippen molar-refractivity contribution in [2.24, 2.45) is 11.7 Å². The predicted molar refractivity (Wildman–Crippen MR) is 143 cm³/mol. The molecular weight excluding hydrogens is 490 g/mol. The maximum atomic E-state index is 13.3. The van der Waals surface area contributed by atoms with Crippen LogP contribution in [0.3, 0.4) is 0 Å². The number of nitrogens with two attached hydrogens (primary N) is 1. The Kier molecular flexibility index (Phi) is 6.43. The number of morpholine rings is 1. The highest BCUT2D eigenvalue weighted by molar-refractivity contribution is 7.19. The Hall–Kier alpha value is -3.28. The van der Waals surface area contributed by atoms with Gasteiger partial charge in [0.25, 0.3) is 0 Å². The number of thiophene rings is 1. The van der Waals surface area contributed by atoms with Crippen molar-refractivity contribution in [2.75, 3.05) is 31.6 Å². The average molecular weight is 522 g/mol. The Morgan fingerprint density at radius 3 is 3.14 bits per heavy atom. The van der Waals surface area contributed by atoms with E-state index in [1.165, 1.54) is 10.4 Å². The molecule has 194 valence electrons. The molecule has 4 heterocycles. The van der Waals surface area contributed by atoms with Gasteiger partial charge in [-0.15, -0.1) is 11.3 Å². The van der Waals surface area contributed by atoms with Crippen molar-refractivity contribution in [1.29, 1.82) is 0 Å². The van der Waals surface area contributed by atoms with Crippen LogP contribution in [0.1, 0.15) is 30.7 Å². The number of nitrogens with zero attached hydrogens (tertiary/aromatic N) is 4. The summed E-state index contributed by atoms with van der Waals surface area (Å²) in [5.74, 6) is 1.65. The molecule has 10 nitrogen and oxygen atoms in total. The minimum atomic E-state index is -0.149. The van der Waals surface area contributed by atoms with Gasteiger partial charge in [0, 0.05) is 41.9 Å². The van der Waals surface area contributed by atoms with Crippen LogP contribution in [0.25, 0.3) is 21.1 Å². The molecule has 1 fully saturated rings. The third kappa shape index (κ3) is 4.62. The van der Waals surface area contributed by atoms with Gasteiger partial charge in [0.1, 0.15) is 28.8 Å². The second kappa shape index (κ2) is 9.88. The van der Waals surface area contributed by atoms with Gasteiger partial charge in [-0.2, -0.15) is 5.10 Å². The number of hydrogen-bond acceptors (Lipinski definition) is 9. The number of fused-ring (bicyclic) bond motifs is 4.